The van der Waals surface area contributed by atoms with Crippen LogP contribution in [0.2, 0.25) is 0 Å². The molecule has 0 fully saturated rings. The second-order valence-electron chi connectivity index (χ2n) is 7.64. The van der Waals surface area contributed by atoms with E-state index in [0.717, 1.165) is 57.1 Å². The minimum atomic E-state index is 0.172. The predicted octanol–water partition coefficient (Wildman–Crippen LogP) is 4.96. The van der Waals surface area contributed by atoms with Crippen molar-refractivity contribution >= 4 is 16.9 Å². The van der Waals surface area contributed by atoms with Gasteiger partial charge in [0.05, 0.1) is 11.0 Å². The van der Waals surface area contributed by atoms with E-state index >= 15 is 0 Å². The van der Waals surface area contributed by atoms with Crippen LogP contribution < -0.4 is 5.32 Å². The molecule has 1 amide bonds. The van der Waals surface area contributed by atoms with Gasteiger partial charge >= 0.3 is 0 Å². The smallest absolute Gasteiger partial charge is 0.223 e. The van der Waals surface area contributed by atoms with Gasteiger partial charge < -0.3 is 9.88 Å². The SMILES string of the molecule is CCC(CC)C(=O)NCCCCCc1nc2ccccc2n1CC(C)C. The highest BCUT2D eigenvalue weighted by molar-refractivity contribution is 5.78. The number of hydrogen-bond donors (Lipinski definition) is 1. The molecule has 4 nitrogen and oxygen atoms in total. The zero-order valence-electron chi connectivity index (χ0n) is 16.9. The Morgan fingerprint density at radius 2 is 1.85 bits per heavy atom. The van der Waals surface area contributed by atoms with E-state index in [2.05, 4.69) is 61.8 Å². The molecule has 1 aromatic carbocycles. The maximum absolute atomic E-state index is 12.0. The Hall–Kier alpha value is -1.84. The van der Waals surface area contributed by atoms with Crippen molar-refractivity contribution in [2.75, 3.05) is 6.54 Å². The number of aromatic nitrogens is 2. The second kappa shape index (κ2) is 10.3. The molecule has 1 heterocycles. The molecule has 0 aliphatic heterocycles. The number of nitrogens with one attached hydrogen (secondary N) is 1. The van der Waals surface area contributed by atoms with Crippen LogP contribution in [-0.4, -0.2) is 22.0 Å². The number of imidazole rings is 1. The lowest BCUT2D eigenvalue weighted by Gasteiger charge is -2.13. The lowest BCUT2D eigenvalue weighted by molar-refractivity contribution is -0.125. The van der Waals surface area contributed by atoms with Gasteiger partial charge in [-0.15, -0.1) is 0 Å². The molecule has 0 saturated heterocycles. The van der Waals surface area contributed by atoms with Crippen molar-refractivity contribution < 1.29 is 4.79 Å². The van der Waals surface area contributed by atoms with Crippen LogP contribution >= 0.6 is 0 Å². The fourth-order valence-electron chi connectivity index (χ4n) is 3.49. The predicted molar refractivity (Wildman–Crippen MR) is 109 cm³/mol. The van der Waals surface area contributed by atoms with Crippen LogP contribution in [0, 0.1) is 11.8 Å². The standard InChI is InChI=1S/C22H35N3O/c1-5-18(6-2)22(26)23-15-11-7-8-14-21-24-19-12-9-10-13-20(19)25(21)16-17(3)4/h9-10,12-13,17-18H,5-8,11,14-16H2,1-4H3,(H,23,26). The first-order valence-corrected chi connectivity index (χ1v) is 10.3. The minimum Gasteiger partial charge on any atom is -0.356 e. The quantitative estimate of drug-likeness (QED) is 0.578. The van der Waals surface area contributed by atoms with Gasteiger partial charge in [-0.05, 0) is 43.7 Å². The van der Waals surface area contributed by atoms with E-state index in [-0.39, 0.29) is 11.8 Å². The lowest BCUT2D eigenvalue weighted by Crippen LogP contribution is -2.30. The van der Waals surface area contributed by atoms with Gasteiger partial charge in [0.2, 0.25) is 5.91 Å². The second-order valence-corrected chi connectivity index (χ2v) is 7.64. The molecule has 2 rings (SSSR count). The topological polar surface area (TPSA) is 46.9 Å². The first-order valence-electron chi connectivity index (χ1n) is 10.3. The number of aryl methyl sites for hydroxylation is 1. The fourth-order valence-corrected chi connectivity index (χ4v) is 3.49. The van der Waals surface area contributed by atoms with E-state index in [0.29, 0.717) is 5.92 Å². The molecule has 0 atom stereocenters. The Labute approximate surface area is 158 Å². The maximum Gasteiger partial charge on any atom is 0.223 e. The summed E-state index contributed by atoms with van der Waals surface area (Å²) in [5, 5.41) is 3.08. The van der Waals surface area contributed by atoms with Crippen LogP contribution in [0.15, 0.2) is 24.3 Å². The summed E-state index contributed by atoms with van der Waals surface area (Å²) >= 11 is 0. The largest absolute Gasteiger partial charge is 0.356 e. The van der Waals surface area contributed by atoms with Gasteiger partial charge in [-0.2, -0.15) is 0 Å². The van der Waals surface area contributed by atoms with Crippen molar-refractivity contribution in [2.24, 2.45) is 11.8 Å². The van der Waals surface area contributed by atoms with Gasteiger partial charge in [0.1, 0.15) is 5.82 Å². The normalized spacial score (nSPS) is 11.6. The molecule has 144 valence electrons. The molecular formula is C22H35N3O. The molecule has 2 aromatic rings. The van der Waals surface area contributed by atoms with Crippen LogP contribution in [0.4, 0.5) is 0 Å². The van der Waals surface area contributed by atoms with Crippen molar-refractivity contribution in [3.8, 4) is 0 Å². The summed E-state index contributed by atoms with van der Waals surface area (Å²) in [7, 11) is 0. The van der Waals surface area contributed by atoms with E-state index in [1.807, 2.05) is 0 Å². The van der Waals surface area contributed by atoms with Gasteiger partial charge in [-0.3, -0.25) is 4.79 Å². The molecule has 0 radical (unpaired) electrons. The highest BCUT2D eigenvalue weighted by atomic mass is 16.1. The van der Waals surface area contributed by atoms with Gasteiger partial charge in [0.15, 0.2) is 0 Å². The van der Waals surface area contributed by atoms with Crippen molar-refractivity contribution in [3.05, 3.63) is 30.1 Å². The molecule has 1 N–H and O–H groups in total. The summed E-state index contributed by atoms with van der Waals surface area (Å²) in [5.74, 6) is 2.19. The summed E-state index contributed by atoms with van der Waals surface area (Å²) in [5.41, 5.74) is 2.34. The number of fused-ring (bicyclic) bond motifs is 1. The Morgan fingerprint density at radius 1 is 1.12 bits per heavy atom. The van der Waals surface area contributed by atoms with E-state index in [1.54, 1.807) is 0 Å². The number of unbranched alkanes of at least 4 members (excludes halogenated alkanes) is 2. The number of benzene rings is 1. The monoisotopic (exact) mass is 357 g/mol. The number of carbonyl (C=O) groups is 1. The van der Waals surface area contributed by atoms with Crippen LogP contribution in [-0.2, 0) is 17.8 Å². The molecule has 0 aliphatic carbocycles. The summed E-state index contributed by atoms with van der Waals surface area (Å²) in [6.07, 6.45) is 6.12. The van der Waals surface area contributed by atoms with Gasteiger partial charge in [0.25, 0.3) is 0 Å². The van der Waals surface area contributed by atoms with Crippen molar-refractivity contribution in [2.45, 2.75) is 72.8 Å². The lowest BCUT2D eigenvalue weighted by atomic mass is 10.0. The summed E-state index contributed by atoms with van der Waals surface area (Å²) in [6.45, 7) is 10.5. The molecule has 0 bridgehead atoms. The van der Waals surface area contributed by atoms with Crippen molar-refractivity contribution in [1.29, 1.82) is 0 Å². The number of carbonyl (C=O) groups excluding carboxylic acids is 1. The molecular weight excluding hydrogens is 322 g/mol. The van der Waals surface area contributed by atoms with E-state index in [4.69, 9.17) is 4.98 Å². The van der Waals surface area contributed by atoms with Gasteiger partial charge in [-0.1, -0.05) is 46.2 Å². The van der Waals surface area contributed by atoms with E-state index < -0.39 is 0 Å². The Morgan fingerprint density at radius 3 is 2.54 bits per heavy atom. The number of amides is 1. The minimum absolute atomic E-state index is 0.172. The zero-order valence-corrected chi connectivity index (χ0v) is 16.9. The van der Waals surface area contributed by atoms with Gasteiger partial charge in [0, 0.05) is 25.4 Å². The van der Waals surface area contributed by atoms with E-state index in [9.17, 15) is 4.79 Å². The third-order valence-corrected chi connectivity index (χ3v) is 5.01. The number of hydrogen-bond acceptors (Lipinski definition) is 2. The third kappa shape index (κ3) is 5.58. The van der Waals surface area contributed by atoms with Crippen LogP contribution in [0.5, 0.6) is 0 Å². The molecule has 0 aliphatic rings. The van der Waals surface area contributed by atoms with Crippen LogP contribution in [0.1, 0.15) is 65.6 Å². The first-order chi connectivity index (χ1) is 12.6. The Balaban J connectivity index is 1.81. The first kappa shape index (κ1) is 20.5. The van der Waals surface area contributed by atoms with Gasteiger partial charge in [-0.25, -0.2) is 4.98 Å². The number of rotatable bonds is 11. The zero-order chi connectivity index (χ0) is 18.9. The van der Waals surface area contributed by atoms with Crippen molar-refractivity contribution in [3.63, 3.8) is 0 Å². The number of para-hydroxylation sites is 2. The summed E-state index contributed by atoms with van der Waals surface area (Å²) in [4.78, 5) is 16.8. The van der Waals surface area contributed by atoms with Crippen LogP contribution in [0.3, 0.4) is 0 Å². The third-order valence-electron chi connectivity index (χ3n) is 5.01. The van der Waals surface area contributed by atoms with E-state index in [1.165, 1.54) is 11.3 Å². The average molecular weight is 358 g/mol. The summed E-state index contributed by atoms with van der Waals surface area (Å²) < 4.78 is 2.38. The molecule has 4 heteroatoms. The molecule has 0 unspecified atom stereocenters. The van der Waals surface area contributed by atoms with Crippen molar-refractivity contribution in [1.82, 2.24) is 14.9 Å². The molecule has 1 aromatic heterocycles. The van der Waals surface area contributed by atoms with Crippen LogP contribution in [0.25, 0.3) is 11.0 Å². The highest BCUT2D eigenvalue weighted by Crippen LogP contribution is 2.19. The highest BCUT2D eigenvalue weighted by Gasteiger charge is 2.13. The Bertz CT molecular complexity index is 686. The molecule has 0 spiro atoms. The Kier molecular flexibility index (Phi) is 8.14. The fraction of sp³-hybridized carbons (Fsp3) is 0.636. The molecule has 0 saturated carbocycles. The number of nitrogens with zero attached hydrogens (tertiary/aromatic N) is 2. The summed E-state index contributed by atoms with van der Waals surface area (Å²) in [6, 6.07) is 8.42. The maximum atomic E-state index is 12.0. The average Bonchev–Trinajstić information content (AvgIpc) is 2.96. The molecule has 26 heavy (non-hydrogen) atoms.